The number of nitrogens with one attached hydrogen (secondary N) is 1. The minimum Gasteiger partial charge on any atom is -0.465 e. The predicted molar refractivity (Wildman–Crippen MR) is 84.1 cm³/mol. The van der Waals surface area contributed by atoms with E-state index in [9.17, 15) is 4.79 Å². The minimum atomic E-state index is -0.319. The standard InChI is InChI=1S/C16H19NO2S/c1-16(2,3)11-5-7-12(8-6-11)17-14-13(9-10-20-14)15(18)19-4/h5-10,17H,1-4H3. The Morgan fingerprint density at radius 1 is 1.15 bits per heavy atom. The first-order valence-electron chi connectivity index (χ1n) is 6.45. The predicted octanol–water partition coefficient (Wildman–Crippen LogP) is 4.58. The lowest BCUT2D eigenvalue weighted by molar-refractivity contribution is 0.0602. The zero-order valence-corrected chi connectivity index (χ0v) is 13.0. The normalized spacial score (nSPS) is 11.2. The molecule has 4 heteroatoms. The van der Waals surface area contributed by atoms with E-state index in [4.69, 9.17) is 4.74 Å². The Labute approximate surface area is 123 Å². The molecule has 1 N–H and O–H groups in total. The summed E-state index contributed by atoms with van der Waals surface area (Å²) in [6, 6.07) is 10.0. The van der Waals surface area contributed by atoms with Gasteiger partial charge in [0.2, 0.25) is 0 Å². The van der Waals surface area contributed by atoms with Crippen LogP contribution in [0.2, 0.25) is 0 Å². The highest BCUT2D eigenvalue weighted by atomic mass is 32.1. The van der Waals surface area contributed by atoms with Gasteiger partial charge in [-0.1, -0.05) is 32.9 Å². The average Bonchev–Trinajstić information content (AvgIpc) is 2.85. The molecule has 0 radical (unpaired) electrons. The van der Waals surface area contributed by atoms with E-state index in [2.05, 4.69) is 38.2 Å². The first kappa shape index (κ1) is 14.6. The Kier molecular flexibility index (Phi) is 4.14. The lowest BCUT2D eigenvalue weighted by Gasteiger charge is -2.19. The molecule has 106 valence electrons. The number of thiophene rings is 1. The van der Waals surface area contributed by atoms with Gasteiger partial charge in [-0.25, -0.2) is 4.79 Å². The number of ether oxygens (including phenoxy) is 1. The SMILES string of the molecule is COC(=O)c1ccsc1Nc1ccc(C(C)(C)C)cc1. The molecule has 1 heterocycles. The summed E-state index contributed by atoms with van der Waals surface area (Å²) in [6.07, 6.45) is 0. The van der Waals surface area contributed by atoms with Crippen LogP contribution < -0.4 is 5.32 Å². The summed E-state index contributed by atoms with van der Waals surface area (Å²) in [5, 5.41) is 5.94. The molecule has 0 bridgehead atoms. The third-order valence-electron chi connectivity index (χ3n) is 3.08. The van der Waals surface area contributed by atoms with Crippen molar-refractivity contribution in [2.45, 2.75) is 26.2 Å². The Hall–Kier alpha value is -1.81. The number of anilines is 2. The second kappa shape index (κ2) is 5.67. The van der Waals surface area contributed by atoms with Crippen molar-refractivity contribution in [3.8, 4) is 0 Å². The van der Waals surface area contributed by atoms with Crippen LogP contribution in [0.3, 0.4) is 0 Å². The molecule has 0 spiro atoms. The second-order valence-electron chi connectivity index (χ2n) is 5.61. The summed E-state index contributed by atoms with van der Waals surface area (Å²) in [4.78, 5) is 11.6. The van der Waals surface area contributed by atoms with Crippen LogP contribution in [0.1, 0.15) is 36.7 Å². The molecule has 2 aromatic rings. The van der Waals surface area contributed by atoms with Gasteiger partial charge in [0.05, 0.1) is 12.7 Å². The molecule has 0 saturated heterocycles. The third-order valence-corrected chi connectivity index (χ3v) is 3.91. The minimum absolute atomic E-state index is 0.138. The summed E-state index contributed by atoms with van der Waals surface area (Å²) < 4.78 is 4.76. The number of methoxy groups -OCH3 is 1. The molecular formula is C16H19NO2S. The largest absolute Gasteiger partial charge is 0.465 e. The number of esters is 1. The molecule has 0 aliphatic heterocycles. The fourth-order valence-electron chi connectivity index (χ4n) is 1.86. The van der Waals surface area contributed by atoms with E-state index in [1.165, 1.54) is 24.0 Å². The first-order valence-corrected chi connectivity index (χ1v) is 7.33. The maximum atomic E-state index is 11.6. The van der Waals surface area contributed by atoms with Crippen molar-refractivity contribution < 1.29 is 9.53 Å². The van der Waals surface area contributed by atoms with Gasteiger partial charge >= 0.3 is 5.97 Å². The van der Waals surface area contributed by atoms with Crippen LogP contribution in [0.25, 0.3) is 0 Å². The molecule has 3 nitrogen and oxygen atoms in total. The Bertz CT molecular complexity index is 594. The van der Waals surface area contributed by atoms with E-state index in [1.807, 2.05) is 17.5 Å². The van der Waals surface area contributed by atoms with Gasteiger partial charge in [-0.05, 0) is 34.6 Å². The number of hydrogen-bond donors (Lipinski definition) is 1. The van der Waals surface area contributed by atoms with Crippen LogP contribution in [0.4, 0.5) is 10.7 Å². The van der Waals surface area contributed by atoms with Crippen molar-refractivity contribution in [1.82, 2.24) is 0 Å². The molecule has 0 aliphatic carbocycles. The van der Waals surface area contributed by atoms with E-state index < -0.39 is 0 Å². The van der Waals surface area contributed by atoms with Crippen LogP contribution >= 0.6 is 11.3 Å². The van der Waals surface area contributed by atoms with Crippen LogP contribution in [-0.4, -0.2) is 13.1 Å². The Balaban J connectivity index is 2.19. The van der Waals surface area contributed by atoms with Crippen molar-refractivity contribution >= 4 is 28.0 Å². The van der Waals surface area contributed by atoms with E-state index in [1.54, 1.807) is 6.07 Å². The number of carbonyl (C=O) groups is 1. The fraction of sp³-hybridized carbons (Fsp3) is 0.312. The van der Waals surface area contributed by atoms with Crippen LogP contribution in [-0.2, 0) is 10.2 Å². The number of carbonyl (C=O) groups excluding carboxylic acids is 1. The summed E-state index contributed by atoms with van der Waals surface area (Å²) in [7, 11) is 1.39. The zero-order valence-electron chi connectivity index (χ0n) is 12.2. The summed E-state index contributed by atoms with van der Waals surface area (Å²) in [5.74, 6) is -0.319. The maximum absolute atomic E-state index is 11.6. The highest BCUT2D eigenvalue weighted by Crippen LogP contribution is 2.29. The highest BCUT2D eigenvalue weighted by molar-refractivity contribution is 7.14. The lowest BCUT2D eigenvalue weighted by atomic mass is 9.87. The van der Waals surface area contributed by atoms with Gasteiger partial charge in [0, 0.05) is 5.69 Å². The van der Waals surface area contributed by atoms with Crippen molar-refractivity contribution in [3.63, 3.8) is 0 Å². The van der Waals surface area contributed by atoms with E-state index in [0.717, 1.165) is 10.7 Å². The number of benzene rings is 1. The number of hydrogen-bond acceptors (Lipinski definition) is 4. The smallest absolute Gasteiger partial charge is 0.340 e. The average molecular weight is 289 g/mol. The maximum Gasteiger partial charge on any atom is 0.340 e. The van der Waals surface area contributed by atoms with Crippen molar-refractivity contribution in [1.29, 1.82) is 0 Å². The summed E-state index contributed by atoms with van der Waals surface area (Å²) >= 11 is 1.49. The van der Waals surface area contributed by atoms with Crippen LogP contribution in [0, 0.1) is 0 Å². The van der Waals surface area contributed by atoms with Gasteiger partial charge in [0.15, 0.2) is 0 Å². The van der Waals surface area contributed by atoms with Gasteiger partial charge in [-0.2, -0.15) is 0 Å². The first-order chi connectivity index (χ1) is 9.41. The molecule has 0 atom stereocenters. The monoisotopic (exact) mass is 289 g/mol. The van der Waals surface area contributed by atoms with E-state index in [-0.39, 0.29) is 11.4 Å². The zero-order chi connectivity index (χ0) is 14.8. The van der Waals surface area contributed by atoms with Crippen LogP contribution in [0.15, 0.2) is 35.7 Å². The van der Waals surface area contributed by atoms with Gasteiger partial charge in [0.1, 0.15) is 5.00 Å². The fourth-order valence-corrected chi connectivity index (χ4v) is 2.66. The second-order valence-corrected chi connectivity index (χ2v) is 6.52. The van der Waals surface area contributed by atoms with Crippen LogP contribution in [0.5, 0.6) is 0 Å². The molecule has 2 rings (SSSR count). The highest BCUT2D eigenvalue weighted by Gasteiger charge is 2.15. The van der Waals surface area contributed by atoms with Crippen molar-refractivity contribution in [2.75, 3.05) is 12.4 Å². The Morgan fingerprint density at radius 3 is 2.35 bits per heavy atom. The Morgan fingerprint density at radius 2 is 1.80 bits per heavy atom. The quantitative estimate of drug-likeness (QED) is 0.841. The van der Waals surface area contributed by atoms with Gasteiger partial charge in [-0.3, -0.25) is 0 Å². The molecule has 1 aromatic heterocycles. The van der Waals surface area contributed by atoms with Crippen molar-refractivity contribution in [3.05, 3.63) is 46.8 Å². The topological polar surface area (TPSA) is 38.3 Å². The molecule has 0 saturated carbocycles. The molecule has 0 amide bonds. The van der Waals surface area contributed by atoms with Crippen molar-refractivity contribution in [2.24, 2.45) is 0 Å². The summed E-state index contributed by atoms with van der Waals surface area (Å²) in [5.41, 5.74) is 2.95. The van der Waals surface area contributed by atoms with Gasteiger partial charge < -0.3 is 10.1 Å². The van der Waals surface area contributed by atoms with Gasteiger partial charge in [-0.15, -0.1) is 11.3 Å². The number of rotatable bonds is 3. The van der Waals surface area contributed by atoms with E-state index >= 15 is 0 Å². The molecule has 0 aliphatic rings. The lowest BCUT2D eigenvalue weighted by Crippen LogP contribution is -2.10. The molecule has 0 unspecified atom stereocenters. The van der Waals surface area contributed by atoms with Gasteiger partial charge in [0.25, 0.3) is 0 Å². The summed E-state index contributed by atoms with van der Waals surface area (Å²) in [6.45, 7) is 6.55. The molecule has 0 fully saturated rings. The third kappa shape index (κ3) is 3.20. The molecule has 1 aromatic carbocycles. The molecular weight excluding hydrogens is 270 g/mol. The molecule has 20 heavy (non-hydrogen) atoms. The van der Waals surface area contributed by atoms with E-state index in [0.29, 0.717) is 5.56 Å².